The summed E-state index contributed by atoms with van der Waals surface area (Å²) in [5, 5.41) is 8.52. The van der Waals surface area contributed by atoms with Crippen LogP contribution in [0.1, 0.15) is 24.8 Å². The van der Waals surface area contributed by atoms with Gasteiger partial charge in [-0.15, -0.1) is 0 Å². The van der Waals surface area contributed by atoms with Crippen LogP contribution in [0.4, 0.5) is 8.78 Å². The van der Waals surface area contributed by atoms with E-state index in [-0.39, 0.29) is 0 Å². The third kappa shape index (κ3) is 2.51. The summed E-state index contributed by atoms with van der Waals surface area (Å²) in [6, 6.07) is 8.62. The third-order valence-corrected chi connectivity index (χ3v) is 2.38. The van der Waals surface area contributed by atoms with Gasteiger partial charge < -0.3 is 5.11 Å². The molecule has 0 saturated carbocycles. The highest BCUT2D eigenvalue weighted by Crippen LogP contribution is 2.35. The fraction of sp³-hybridized carbons (Fsp3) is 0.455. The molecule has 0 aliphatic carbocycles. The SMILES string of the molecule is CC(c1ccccc1)C(F)(F)CCO. The van der Waals surface area contributed by atoms with E-state index in [0.717, 1.165) is 0 Å². The van der Waals surface area contributed by atoms with Gasteiger partial charge in [0, 0.05) is 18.9 Å². The van der Waals surface area contributed by atoms with Crippen molar-refractivity contribution in [3.05, 3.63) is 35.9 Å². The summed E-state index contributed by atoms with van der Waals surface area (Å²) >= 11 is 0. The molecule has 14 heavy (non-hydrogen) atoms. The van der Waals surface area contributed by atoms with E-state index >= 15 is 0 Å². The highest BCUT2D eigenvalue weighted by Gasteiger charge is 2.36. The second kappa shape index (κ2) is 4.51. The normalized spacial score (nSPS) is 14.0. The van der Waals surface area contributed by atoms with Gasteiger partial charge in [0.1, 0.15) is 0 Å². The second-order valence-electron chi connectivity index (χ2n) is 3.37. The van der Waals surface area contributed by atoms with Crippen LogP contribution in [0.25, 0.3) is 0 Å². The molecule has 78 valence electrons. The average Bonchev–Trinajstić information content (AvgIpc) is 2.18. The smallest absolute Gasteiger partial charge is 0.256 e. The molecular formula is C11H14F2O. The van der Waals surface area contributed by atoms with Gasteiger partial charge in [0.2, 0.25) is 0 Å². The topological polar surface area (TPSA) is 20.2 Å². The van der Waals surface area contributed by atoms with E-state index in [1.54, 1.807) is 30.3 Å². The Bertz CT molecular complexity index is 272. The summed E-state index contributed by atoms with van der Waals surface area (Å²) in [5.41, 5.74) is 0.603. The van der Waals surface area contributed by atoms with Gasteiger partial charge >= 0.3 is 0 Å². The first-order valence-corrected chi connectivity index (χ1v) is 4.61. The molecule has 1 nitrogen and oxygen atoms in total. The van der Waals surface area contributed by atoms with Crippen molar-refractivity contribution >= 4 is 0 Å². The number of rotatable bonds is 4. The molecule has 1 aromatic rings. The summed E-state index contributed by atoms with van der Waals surface area (Å²) in [6.45, 7) is 0.995. The Morgan fingerprint density at radius 3 is 2.36 bits per heavy atom. The van der Waals surface area contributed by atoms with Gasteiger partial charge in [0.05, 0.1) is 0 Å². The number of aliphatic hydroxyl groups excluding tert-OH is 1. The van der Waals surface area contributed by atoms with E-state index in [9.17, 15) is 8.78 Å². The highest BCUT2D eigenvalue weighted by molar-refractivity contribution is 5.20. The van der Waals surface area contributed by atoms with E-state index in [1.807, 2.05) is 0 Å². The lowest BCUT2D eigenvalue weighted by Gasteiger charge is -2.23. The molecular weight excluding hydrogens is 186 g/mol. The summed E-state index contributed by atoms with van der Waals surface area (Å²) in [5.74, 6) is -3.69. The van der Waals surface area contributed by atoms with Crippen molar-refractivity contribution in [1.82, 2.24) is 0 Å². The van der Waals surface area contributed by atoms with Crippen LogP contribution in [-0.4, -0.2) is 17.6 Å². The molecule has 0 radical (unpaired) electrons. The zero-order valence-electron chi connectivity index (χ0n) is 8.08. The summed E-state index contributed by atoms with van der Waals surface area (Å²) < 4.78 is 26.7. The third-order valence-electron chi connectivity index (χ3n) is 2.38. The fourth-order valence-electron chi connectivity index (χ4n) is 1.35. The number of halogens is 2. The van der Waals surface area contributed by atoms with Crippen LogP contribution >= 0.6 is 0 Å². The van der Waals surface area contributed by atoms with Crippen LogP contribution in [0, 0.1) is 0 Å². The number of benzene rings is 1. The molecule has 0 aliphatic heterocycles. The second-order valence-corrected chi connectivity index (χ2v) is 3.37. The van der Waals surface area contributed by atoms with Crippen molar-refractivity contribution in [2.75, 3.05) is 6.61 Å². The predicted octanol–water partition coefficient (Wildman–Crippen LogP) is 2.81. The van der Waals surface area contributed by atoms with Gasteiger partial charge in [-0.25, -0.2) is 8.78 Å². The summed E-state index contributed by atoms with van der Waals surface area (Å²) in [7, 11) is 0. The van der Waals surface area contributed by atoms with Crippen LogP contribution in [0.3, 0.4) is 0 Å². The molecule has 0 bridgehead atoms. The van der Waals surface area contributed by atoms with Crippen molar-refractivity contribution in [2.45, 2.75) is 25.2 Å². The largest absolute Gasteiger partial charge is 0.396 e. The lowest BCUT2D eigenvalue weighted by atomic mass is 9.93. The average molecular weight is 200 g/mol. The van der Waals surface area contributed by atoms with Crippen molar-refractivity contribution in [3.63, 3.8) is 0 Å². The van der Waals surface area contributed by atoms with Crippen LogP contribution in [0.2, 0.25) is 0 Å². The Balaban J connectivity index is 2.79. The van der Waals surface area contributed by atoms with E-state index in [2.05, 4.69) is 0 Å². The minimum Gasteiger partial charge on any atom is -0.396 e. The van der Waals surface area contributed by atoms with Crippen LogP contribution in [-0.2, 0) is 0 Å². The fourth-order valence-corrected chi connectivity index (χ4v) is 1.35. The molecule has 1 aromatic carbocycles. The first kappa shape index (κ1) is 11.1. The molecule has 0 fully saturated rings. The highest BCUT2D eigenvalue weighted by atomic mass is 19.3. The molecule has 0 aliphatic rings. The van der Waals surface area contributed by atoms with Crippen LogP contribution in [0.15, 0.2) is 30.3 Å². The molecule has 3 heteroatoms. The Morgan fingerprint density at radius 1 is 1.29 bits per heavy atom. The molecule has 0 amide bonds. The minimum absolute atomic E-state index is 0.482. The Kier molecular flexibility index (Phi) is 3.58. The molecule has 0 saturated heterocycles. The van der Waals surface area contributed by atoms with Gasteiger partial charge in [-0.3, -0.25) is 0 Å². The first-order chi connectivity index (χ1) is 6.58. The van der Waals surface area contributed by atoms with Crippen molar-refractivity contribution in [1.29, 1.82) is 0 Å². The Morgan fingerprint density at radius 2 is 1.86 bits per heavy atom. The van der Waals surface area contributed by atoms with Gasteiger partial charge in [-0.05, 0) is 5.56 Å². The van der Waals surface area contributed by atoms with Crippen molar-refractivity contribution in [2.24, 2.45) is 0 Å². The van der Waals surface area contributed by atoms with Crippen LogP contribution in [0.5, 0.6) is 0 Å². The summed E-state index contributed by atoms with van der Waals surface area (Å²) in [4.78, 5) is 0. The molecule has 0 heterocycles. The van der Waals surface area contributed by atoms with Gasteiger partial charge in [0.25, 0.3) is 5.92 Å². The van der Waals surface area contributed by atoms with E-state index in [4.69, 9.17) is 5.11 Å². The van der Waals surface area contributed by atoms with E-state index in [0.29, 0.717) is 5.56 Å². The van der Waals surface area contributed by atoms with Crippen molar-refractivity contribution in [3.8, 4) is 0 Å². The zero-order chi connectivity index (χ0) is 10.6. The number of aliphatic hydroxyl groups is 1. The minimum atomic E-state index is -2.84. The van der Waals surface area contributed by atoms with E-state index < -0.39 is 24.9 Å². The lowest BCUT2D eigenvalue weighted by Crippen LogP contribution is -2.25. The molecule has 1 atom stereocenters. The van der Waals surface area contributed by atoms with E-state index in [1.165, 1.54) is 6.92 Å². The maximum absolute atomic E-state index is 13.3. The molecule has 1 unspecified atom stereocenters. The monoisotopic (exact) mass is 200 g/mol. The number of hydrogen-bond acceptors (Lipinski definition) is 1. The Labute approximate surface area is 82.4 Å². The standard InChI is InChI=1S/C11H14F2O/c1-9(11(12,13)7-8-14)10-5-3-2-4-6-10/h2-6,9,14H,7-8H2,1H3. The predicted molar refractivity (Wildman–Crippen MR) is 51.5 cm³/mol. The molecule has 1 rings (SSSR count). The quantitative estimate of drug-likeness (QED) is 0.792. The number of hydrogen-bond donors (Lipinski definition) is 1. The van der Waals surface area contributed by atoms with Gasteiger partial charge in [-0.1, -0.05) is 37.3 Å². The Hall–Kier alpha value is -0.960. The van der Waals surface area contributed by atoms with Gasteiger partial charge in [0.15, 0.2) is 0 Å². The molecule has 0 aromatic heterocycles. The van der Waals surface area contributed by atoms with Crippen LogP contribution < -0.4 is 0 Å². The number of alkyl halides is 2. The summed E-state index contributed by atoms with van der Waals surface area (Å²) in [6.07, 6.45) is -0.483. The lowest BCUT2D eigenvalue weighted by molar-refractivity contribution is -0.0421. The van der Waals surface area contributed by atoms with Crippen molar-refractivity contribution < 1.29 is 13.9 Å². The maximum atomic E-state index is 13.3. The molecule has 1 N–H and O–H groups in total. The zero-order valence-corrected chi connectivity index (χ0v) is 8.08. The first-order valence-electron chi connectivity index (χ1n) is 4.61. The molecule has 0 spiro atoms. The van der Waals surface area contributed by atoms with Gasteiger partial charge in [-0.2, -0.15) is 0 Å². The maximum Gasteiger partial charge on any atom is 0.256 e.